The Hall–Kier alpha value is -1.14. The van der Waals surface area contributed by atoms with Crippen molar-refractivity contribution in [2.45, 2.75) is 44.6 Å². The first-order valence-corrected chi connectivity index (χ1v) is 7.35. The van der Waals surface area contributed by atoms with Gasteiger partial charge in [0.2, 0.25) is 5.91 Å². The average molecular weight is 284 g/mol. The molecule has 2 unspecified atom stereocenters. The molecule has 1 amide bonds. The molecule has 2 aliphatic rings. The van der Waals surface area contributed by atoms with Crippen LogP contribution in [0.25, 0.3) is 0 Å². The van der Waals surface area contributed by atoms with E-state index in [2.05, 4.69) is 5.32 Å². The van der Waals surface area contributed by atoms with E-state index in [1.807, 2.05) is 0 Å². The minimum absolute atomic E-state index is 0.106. The Bertz CT molecular complexity index is 366. The van der Waals surface area contributed by atoms with Crippen LogP contribution >= 0.6 is 0 Å². The lowest BCUT2D eigenvalue weighted by Gasteiger charge is -2.36. The zero-order valence-corrected chi connectivity index (χ0v) is 11.8. The van der Waals surface area contributed by atoms with Crippen LogP contribution in [0.2, 0.25) is 0 Å². The molecule has 4 N–H and O–H groups in total. The van der Waals surface area contributed by atoms with Gasteiger partial charge in [0, 0.05) is 12.6 Å². The van der Waals surface area contributed by atoms with Gasteiger partial charge in [-0.3, -0.25) is 9.59 Å². The fourth-order valence-corrected chi connectivity index (χ4v) is 3.29. The SMILES string of the molecule is NC1COCC1C(=O)NCC1(CC(=O)O)CCCCC1. The minimum atomic E-state index is -0.790. The molecule has 0 aromatic rings. The summed E-state index contributed by atoms with van der Waals surface area (Å²) in [5, 5.41) is 12.0. The lowest BCUT2D eigenvalue weighted by Crippen LogP contribution is -2.46. The molecule has 1 heterocycles. The molecule has 0 radical (unpaired) electrons. The zero-order chi connectivity index (χ0) is 14.6. The Labute approximate surface area is 119 Å². The van der Waals surface area contributed by atoms with E-state index < -0.39 is 5.97 Å². The molecule has 1 aliphatic carbocycles. The quantitative estimate of drug-likeness (QED) is 0.682. The Morgan fingerprint density at radius 2 is 1.95 bits per heavy atom. The third kappa shape index (κ3) is 3.70. The van der Waals surface area contributed by atoms with Crippen LogP contribution in [0.4, 0.5) is 0 Å². The van der Waals surface area contributed by atoms with Gasteiger partial charge in [0.05, 0.1) is 25.6 Å². The molecule has 0 bridgehead atoms. The summed E-state index contributed by atoms with van der Waals surface area (Å²) in [5.41, 5.74) is 5.53. The first kappa shape index (κ1) is 15.3. The summed E-state index contributed by atoms with van der Waals surface area (Å²) in [6, 6.07) is -0.253. The molecule has 2 atom stereocenters. The van der Waals surface area contributed by atoms with E-state index in [0.717, 1.165) is 32.1 Å². The maximum Gasteiger partial charge on any atom is 0.303 e. The van der Waals surface area contributed by atoms with Gasteiger partial charge in [-0.25, -0.2) is 0 Å². The molecule has 1 saturated carbocycles. The Morgan fingerprint density at radius 3 is 2.50 bits per heavy atom. The normalized spacial score (nSPS) is 29.1. The van der Waals surface area contributed by atoms with Crippen molar-refractivity contribution in [2.75, 3.05) is 19.8 Å². The predicted molar refractivity (Wildman–Crippen MR) is 73.1 cm³/mol. The van der Waals surface area contributed by atoms with Crippen molar-refractivity contribution in [2.24, 2.45) is 17.1 Å². The van der Waals surface area contributed by atoms with Crippen molar-refractivity contribution < 1.29 is 19.4 Å². The van der Waals surface area contributed by atoms with E-state index in [1.54, 1.807) is 0 Å². The number of aliphatic carboxylic acids is 1. The zero-order valence-electron chi connectivity index (χ0n) is 11.8. The lowest BCUT2D eigenvalue weighted by atomic mass is 9.71. The fourth-order valence-electron chi connectivity index (χ4n) is 3.29. The molecule has 1 saturated heterocycles. The summed E-state index contributed by atoms with van der Waals surface area (Å²) in [4.78, 5) is 23.2. The van der Waals surface area contributed by atoms with E-state index in [0.29, 0.717) is 19.8 Å². The van der Waals surface area contributed by atoms with Crippen molar-refractivity contribution in [1.29, 1.82) is 0 Å². The summed E-state index contributed by atoms with van der Waals surface area (Å²) in [6.07, 6.45) is 5.08. The summed E-state index contributed by atoms with van der Waals surface area (Å²) in [6.45, 7) is 1.21. The number of rotatable bonds is 5. The summed E-state index contributed by atoms with van der Waals surface area (Å²) in [5.74, 6) is -1.20. The van der Waals surface area contributed by atoms with Crippen molar-refractivity contribution in [3.63, 3.8) is 0 Å². The Kier molecular flexibility index (Phi) is 4.99. The number of amides is 1. The molecule has 0 aromatic carbocycles. The van der Waals surface area contributed by atoms with Crippen LogP contribution in [0.1, 0.15) is 38.5 Å². The third-order valence-electron chi connectivity index (χ3n) is 4.54. The average Bonchev–Trinajstić information content (AvgIpc) is 2.83. The monoisotopic (exact) mass is 284 g/mol. The number of ether oxygens (including phenoxy) is 1. The molecule has 20 heavy (non-hydrogen) atoms. The third-order valence-corrected chi connectivity index (χ3v) is 4.54. The van der Waals surface area contributed by atoms with Crippen molar-refractivity contribution in [3.05, 3.63) is 0 Å². The van der Waals surface area contributed by atoms with E-state index >= 15 is 0 Å². The largest absolute Gasteiger partial charge is 0.481 e. The van der Waals surface area contributed by atoms with Gasteiger partial charge in [-0.1, -0.05) is 19.3 Å². The molecule has 0 aromatic heterocycles. The Morgan fingerprint density at radius 1 is 1.25 bits per heavy atom. The summed E-state index contributed by atoms with van der Waals surface area (Å²) in [7, 11) is 0. The van der Waals surface area contributed by atoms with Gasteiger partial charge in [0.1, 0.15) is 0 Å². The second-order valence-electron chi connectivity index (χ2n) is 6.16. The highest BCUT2D eigenvalue weighted by Gasteiger charge is 2.37. The maximum absolute atomic E-state index is 12.1. The van der Waals surface area contributed by atoms with Crippen LogP contribution < -0.4 is 11.1 Å². The molecule has 114 valence electrons. The summed E-state index contributed by atoms with van der Waals surface area (Å²) < 4.78 is 5.19. The number of carboxylic acid groups (broad SMARTS) is 1. The van der Waals surface area contributed by atoms with Crippen LogP contribution in [0.5, 0.6) is 0 Å². The van der Waals surface area contributed by atoms with Gasteiger partial charge < -0.3 is 20.9 Å². The highest BCUT2D eigenvalue weighted by Crippen LogP contribution is 2.38. The number of hydrogen-bond donors (Lipinski definition) is 3. The van der Waals surface area contributed by atoms with Crippen molar-refractivity contribution >= 4 is 11.9 Å². The molecule has 1 aliphatic heterocycles. The number of hydrogen-bond acceptors (Lipinski definition) is 4. The van der Waals surface area contributed by atoms with Crippen molar-refractivity contribution in [1.82, 2.24) is 5.32 Å². The van der Waals surface area contributed by atoms with Gasteiger partial charge in [-0.05, 0) is 18.3 Å². The van der Waals surface area contributed by atoms with Crippen LogP contribution in [-0.2, 0) is 14.3 Å². The van der Waals surface area contributed by atoms with Crippen molar-refractivity contribution in [3.8, 4) is 0 Å². The topological polar surface area (TPSA) is 102 Å². The first-order valence-electron chi connectivity index (χ1n) is 7.35. The van der Waals surface area contributed by atoms with E-state index in [-0.39, 0.29) is 29.7 Å². The van der Waals surface area contributed by atoms with E-state index in [4.69, 9.17) is 15.6 Å². The number of nitrogens with two attached hydrogens (primary N) is 1. The number of nitrogens with one attached hydrogen (secondary N) is 1. The highest BCUT2D eigenvalue weighted by molar-refractivity contribution is 5.80. The van der Waals surface area contributed by atoms with Gasteiger partial charge in [0.15, 0.2) is 0 Å². The van der Waals surface area contributed by atoms with Crippen LogP contribution in [-0.4, -0.2) is 42.8 Å². The molecule has 6 heteroatoms. The molecule has 0 spiro atoms. The summed E-state index contributed by atoms with van der Waals surface area (Å²) >= 11 is 0. The van der Waals surface area contributed by atoms with Gasteiger partial charge in [-0.15, -0.1) is 0 Å². The smallest absolute Gasteiger partial charge is 0.303 e. The second kappa shape index (κ2) is 6.54. The standard InChI is InChI=1S/C14H24N2O4/c15-11-8-20-7-10(11)13(19)16-9-14(6-12(17)18)4-2-1-3-5-14/h10-11H,1-9,15H2,(H,16,19)(H,17,18). The van der Waals surface area contributed by atoms with E-state index in [9.17, 15) is 9.59 Å². The van der Waals surface area contributed by atoms with Crippen LogP contribution in [0, 0.1) is 11.3 Å². The first-order chi connectivity index (χ1) is 9.52. The predicted octanol–water partition coefficient (Wildman–Crippen LogP) is 0.501. The van der Waals surface area contributed by atoms with Gasteiger partial charge in [-0.2, -0.15) is 0 Å². The highest BCUT2D eigenvalue weighted by atomic mass is 16.5. The maximum atomic E-state index is 12.1. The van der Waals surface area contributed by atoms with E-state index in [1.165, 1.54) is 0 Å². The fraction of sp³-hybridized carbons (Fsp3) is 0.857. The Balaban J connectivity index is 1.91. The number of carboxylic acids is 1. The second-order valence-corrected chi connectivity index (χ2v) is 6.16. The number of carbonyl (C=O) groups is 2. The number of carbonyl (C=O) groups excluding carboxylic acids is 1. The molecular weight excluding hydrogens is 260 g/mol. The van der Waals surface area contributed by atoms with Gasteiger partial charge >= 0.3 is 5.97 Å². The molecule has 2 rings (SSSR count). The molecule has 6 nitrogen and oxygen atoms in total. The minimum Gasteiger partial charge on any atom is -0.481 e. The molecule has 2 fully saturated rings. The molecular formula is C14H24N2O4. The van der Waals surface area contributed by atoms with Crippen LogP contribution in [0.15, 0.2) is 0 Å². The van der Waals surface area contributed by atoms with Crippen LogP contribution in [0.3, 0.4) is 0 Å². The van der Waals surface area contributed by atoms with Gasteiger partial charge in [0.25, 0.3) is 0 Å². The lowest BCUT2D eigenvalue weighted by molar-refractivity contribution is -0.141.